The Morgan fingerprint density at radius 2 is 1.73 bits per heavy atom. The summed E-state index contributed by atoms with van der Waals surface area (Å²) in [6.07, 6.45) is 12.2. The third-order valence-electron chi connectivity index (χ3n) is 8.46. The predicted molar refractivity (Wildman–Crippen MR) is 114 cm³/mol. The lowest BCUT2D eigenvalue weighted by molar-refractivity contribution is -0.130. The van der Waals surface area contributed by atoms with Gasteiger partial charge in [0.25, 0.3) is 0 Å². The molecule has 1 aliphatic heterocycles. The van der Waals surface area contributed by atoms with E-state index in [0.717, 1.165) is 17.8 Å². The van der Waals surface area contributed by atoms with Crippen molar-refractivity contribution in [1.82, 2.24) is 14.6 Å². The number of nitrogens with one attached hydrogen (secondary N) is 1. The van der Waals surface area contributed by atoms with E-state index in [1.54, 1.807) is 18.3 Å². The van der Waals surface area contributed by atoms with E-state index in [4.69, 9.17) is 0 Å². The van der Waals surface area contributed by atoms with E-state index in [2.05, 4.69) is 17.2 Å². The Bertz CT molecular complexity index is 858. The van der Waals surface area contributed by atoms with Gasteiger partial charge in [-0.15, -0.1) is 0 Å². The maximum absolute atomic E-state index is 13.0. The fraction of sp³-hybridized carbons (Fsp3) is 0.739. The largest absolute Gasteiger partial charge is 0.353 e. The number of carbonyl (C=O) groups excluding carboxylic acids is 1. The van der Waals surface area contributed by atoms with E-state index < -0.39 is 10.0 Å². The molecular weight excluding hydrogens is 398 g/mol. The first-order valence-corrected chi connectivity index (χ1v) is 13.0. The first kappa shape index (κ1) is 20.4. The highest BCUT2D eigenvalue weighted by atomic mass is 32.2. The molecule has 6 rings (SSSR count). The summed E-state index contributed by atoms with van der Waals surface area (Å²) < 4.78 is 27.1. The van der Waals surface area contributed by atoms with Gasteiger partial charge in [-0.2, -0.15) is 4.31 Å². The second-order valence-corrected chi connectivity index (χ2v) is 12.3. The summed E-state index contributed by atoms with van der Waals surface area (Å²) in [6.45, 7) is 3.00. The monoisotopic (exact) mass is 431 g/mol. The Morgan fingerprint density at radius 1 is 1.13 bits per heavy atom. The number of amides is 1. The first-order chi connectivity index (χ1) is 14.4. The van der Waals surface area contributed by atoms with E-state index in [1.165, 1.54) is 49.0 Å². The number of carbonyl (C=O) groups is 1. The predicted octanol–water partition coefficient (Wildman–Crippen LogP) is 3.20. The number of nitrogens with zero attached hydrogens (tertiary/aromatic N) is 2. The van der Waals surface area contributed by atoms with Gasteiger partial charge < -0.3 is 5.32 Å². The number of rotatable bonds is 5. The second kappa shape index (κ2) is 7.59. The molecule has 4 aliphatic carbocycles. The smallest absolute Gasteiger partial charge is 0.244 e. The minimum Gasteiger partial charge on any atom is -0.353 e. The molecule has 1 amide bonds. The average Bonchev–Trinajstić information content (AvgIpc) is 2.73. The summed E-state index contributed by atoms with van der Waals surface area (Å²) in [5, 5.41) is 3.37. The highest BCUT2D eigenvalue weighted by Gasteiger charge is 2.53. The van der Waals surface area contributed by atoms with Gasteiger partial charge in [-0.1, -0.05) is 0 Å². The molecule has 1 atom stereocenters. The SMILES string of the molecule is CC(NC(=O)C1CCN(S(=O)(=O)c2cccnc2)CC1)C12CC3CC(CC(C3)C1)C2. The molecular formula is C23H33N3O3S. The van der Waals surface area contributed by atoms with Crippen LogP contribution in [-0.2, 0) is 14.8 Å². The minimum atomic E-state index is -3.53. The van der Waals surface area contributed by atoms with Crippen molar-refractivity contribution >= 4 is 15.9 Å². The van der Waals surface area contributed by atoms with E-state index in [1.807, 2.05) is 0 Å². The molecule has 4 bridgehead atoms. The lowest BCUT2D eigenvalue weighted by Gasteiger charge is -2.59. The van der Waals surface area contributed by atoms with Crippen LogP contribution in [0.3, 0.4) is 0 Å². The van der Waals surface area contributed by atoms with Crippen molar-refractivity contribution in [3.8, 4) is 0 Å². The fourth-order valence-corrected chi connectivity index (χ4v) is 8.63. The Balaban J connectivity index is 1.19. The molecule has 1 N–H and O–H groups in total. The molecule has 0 spiro atoms. The topological polar surface area (TPSA) is 79.4 Å². The van der Waals surface area contributed by atoms with Gasteiger partial charge in [-0.3, -0.25) is 9.78 Å². The first-order valence-electron chi connectivity index (χ1n) is 11.6. The van der Waals surface area contributed by atoms with Crippen molar-refractivity contribution in [3.63, 3.8) is 0 Å². The van der Waals surface area contributed by atoms with Crippen molar-refractivity contribution in [2.24, 2.45) is 29.1 Å². The lowest BCUT2D eigenvalue weighted by Crippen LogP contribution is -2.56. The molecule has 1 aromatic rings. The van der Waals surface area contributed by atoms with E-state index in [9.17, 15) is 13.2 Å². The summed E-state index contributed by atoms with van der Waals surface area (Å²) >= 11 is 0. The van der Waals surface area contributed by atoms with Crippen LogP contribution in [0.5, 0.6) is 0 Å². The zero-order chi connectivity index (χ0) is 20.9. The standard InChI is InChI=1S/C23H33N3O3S/c1-16(23-12-17-9-18(13-23)11-19(10-17)14-23)25-22(27)20-4-7-26(8-5-20)30(28,29)21-3-2-6-24-15-21/h2-3,6,15-20H,4-5,7-14H2,1H3,(H,25,27). The third-order valence-corrected chi connectivity index (χ3v) is 10.3. The van der Waals surface area contributed by atoms with E-state index in [-0.39, 0.29) is 22.8 Å². The summed E-state index contributed by atoms with van der Waals surface area (Å²) in [4.78, 5) is 17.2. The van der Waals surface area contributed by atoms with Crippen molar-refractivity contribution in [2.75, 3.05) is 13.1 Å². The van der Waals surface area contributed by atoms with Gasteiger partial charge in [-0.05, 0) is 93.6 Å². The fourth-order valence-electron chi connectivity index (χ4n) is 7.20. The van der Waals surface area contributed by atoms with Gasteiger partial charge >= 0.3 is 0 Å². The van der Waals surface area contributed by atoms with Crippen LogP contribution in [0.1, 0.15) is 58.3 Å². The van der Waals surface area contributed by atoms with Gasteiger partial charge in [0.15, 0.2) is 0 Å². The maximum atomic E-state index is 13.0. The van der Waals surface area contributed by atoms with Crippen LogP contribution in [0.4, 0.5) is 0 Å². The number of pyridine rings is 1. The summed E-state index contributed by atoms with van der Waals surface area (Å²) in [5.41, 5.74) is 0.300. The molecule has 1 unspecified atom stereocenters. The zero-order valence-corrected chi connectivity index (χ0v) is 18.6. The number of piperidine rings is 1. The molecule has 6 nitrogen and oxygen atoms in total. The molecule has 0 aromatic carbocycles. The molecule has 5 aliphatic rings. The van der Waals surface area contributed by atoms with Crippen LogP contribution in [0, 0.1) is 29.1 Å². The summed E-state index contributed by atoms with van der Waals surface area (Å²) in [6, 6.07) is 3.43. The van der Waals surface area contributed by atoms with Crippen LogP contribution in [-0.4, -0.2) is 42.7 Å². The quantitative estimate of drug-likeness (QED) is 0.776. The molecule has 164 valence electrons. The molecule has 1 saturated heterocycles. The van der Waals surface area contributed by atoms with Crippen LogP contribution >= 0.6 is 0 Å². The molecule has 4 saturated carbocycles. The van der Waals surface area contributed by atoms with Gasteiger partial charge in [0, 0.05) is 37.4 Å². The van der Waals surface area contributed by atoms with Gasteiger partial charge in [0.05, 0.1) is 0 Å². The van der Waals surface area contributed by atoms with Crippen molar-refractivity contribution in [2.45, 2.75) is 69.2 Å². The van der Waals surface area contributed by atoms with E-state index in [0.29, 0.717) is 31.3 Å². The van der Waals surface area contributed by atoms with Crippen LogP contribution in [0.15, 0.2) is 29.4 Å². The Kier molecular flexibility index (Phi) is 5.17. The second-order valence-electron chi connectivity index (χ2n) is 10.4. The van der Waals surface area contributed by atoms with Crippen LogP contribution in [0.2, 0.25) is 0 Å². The molecule has 1 aromatic heterocycles. The molecule has 30 heavy (non-hydrogen) atoms. The minimum absolute atomic E-state index is 0.0956. The summed E-state index contributed by atoms with van der Waals surface area (Å²) in [5.74, 6) is 2.64. The van der Waals surface area contributed by atoms with Gasteiger partial charge in [-0.25, -0.2) is 8.42 Å². The number of hydrogen-bond acceptors (Lipinski definition) is 4. The zero-order valence-electron chi connectivity index (χ0n) is 17.8. The molecule has 2 heterocycles. The molecule has 7 heteroatoms. The number of sulfonamides is 1. The van der Waals surface area contributed by atoms with Crippen molar-refractivity contribution < 1.29 is 13.2 Å². The highest BCUT2D eigenvalue weighted by Crippen LogP contribution is 2.61. The van der Waals surface area contributed by atoms with Gasteiger partial charge in [0.2, 0.25) is 15.9 Å². The average molecular weight is 432 g/mol. The van der Waals surface area contributed by atoms with Crippen LogP contribution < -0.4 is 5.32 Å². The Hall–Kier alpha value is -1.47. The van der Waals surface area contributed by atoms with Crippen molar-refractivity contribution in [1.29, 1.82) is 0 Å². The summed E-state index contributed by atoms with van der Waals surface area (Å²) in [7, 11) is -3.53. The molecule has 5 fully saturated rings. The van der Waals surface area contributed by atoms with Crippen LogP contribution in [0.25, 0.3) is 0 Å². The normalized spacial score (nSPS) is 35.3. The Labute approximate surface area is 179 Å². The third kappa shape index (κ3) is 3.58. The van der Waals surface area contributed by atoms with Gasteiger partial charge in [0.1, 0.15) is 4.90 Å². The Morgan fingerprint density at radius 3 is 2.27 bits per heavy atom. The highest BCUT2D eigenvalue weighted by molar-refractivity contribution is 7.89. The molecule has 0 radical (unpaired) electrons. The maximum Gasteiger partial charge on any atom is 0.244 e. The van der Waals surface area contributed by atoms with Crippen molar-refractivity contribution in [3.05, 3.63) is 24.5 Å². The number of hydrogen-bond donors (Lipinski definition) is 1. The number of aromatic nitrogens is 1. The lowest BCUT2D eigenvalue weighted by atomic mass is 9.48. The van der Waals surface area contributed by atoms with E-state index >= 15 is 0 Å².